The van der Waals surface area contributed by atoms with Crippen LogP contribution in [0.15, 0.2) is 48.7 Å². The van der Waals surface area contributed by atoms with E-state index in [1.807, 2.05) is 37.4 Å². The van der Waals surface area contributed by atoms with Gasteiger partial charge in [-0.05, 0) is 75.1 Å². The van der Waals surface area contributed by atoms with Crippen LogP contribution in [-0.4, -0.2) is 40.3 Å². The van der Waals surface area contributed by atoms with E-state index in [9.17, 15) is 9.59 Å². The van der Waals surface area contributed by atoms with E-state index in [0.29, 0.717) is 6.42 Å². The van der Waals surface area contributed by atoms with Gasteiger partial charge in [-0.1, -0.05) is 37.3 Å². The zero-order valence-corrected chi connectivity index (χ0v) is 18.8. The summed E-state index contributed by atoms with van der Waals surface area (Å²) in [6, 6.07) is 14.8. The third-order valence-corrected chi connectivity index (χ3v) is 5.92. The number of hydrogen-bond acceptors (Lipinski definition) is 3. The molecule has 0 aliphatic heterocycles. The van der Waals surface area contributed by atoms with Gasteiger partial charge in [-0.25, -0.2) is 0 Å². The number of nitrogens with zero attached hydrogens (tertiary/aromatic N) is 2. The number of aromatic nitrogens is 1. The quantitative estimate of drug-likeness (QED) is 0.558. The van der Waals surface area contributed by atoms with Crippen LogP contribution in [0.2, 0.25) is 0 Å². The normalized spacial score (nSPS) is 14.1. The molecule has 3 rings (SSSR count). The monoisotopic (exact) mass is 421 g/mol. The van der Waals surface area contributed by atoms with E-state index < -0.39 is 0 Å². The largest absolute Gasteiger partial charge is 0.352 e. The highest BCUT2D eigenvalue weighted by atomic mass is 16.2. The van der Waals surface area contributed by atoms with Crippen LogP contribution in [0.4, 0.5) is 0 Å². The SMILES string of the molecule is CCC(CCc1ccccc1)NC(=O)CN(C(=O)CCCc1ccnc(C)c1)C1CC1. The molecule has 1 atom stereocenters. The van der Waals surface area contributed by atoms with Crippen molar-refractivity contribution in [2.24, 2.45) is 0 Å². The Hall–Kier alpha value is -2.69. The van der Waals surface area contributed by atoms with E-state index in [2.05, 4.69) is 35.4 Å². The molecule has 31 heavy (non-hydrogen) atoms. The van der Waals surface area contributed by atoms with Crippen molar-refractivity contribution in [3.63, 3.8) is 0 Å². The molecule has 2 aromatic rings. The van der Waals surface area contributed by atoms with E-state index in [1.165, 1.54) is 11.1 Å². The van der Waals surface area contributed by atoms with Gasteiger partial charge in [0.2, 0.25) is 11.8 Å². The second-order valence-electron chi connectivity index (χ2n) is 8.61. The highest BCUT2D eigenvalue weighted by Crippen LogP contribution is 2.27. The molecule has 0 saturated heterocycles. The standard InChI is InChI=1S/C26H35N3O2/c1-3-23(13-12-21-8-5-4-6-9-21)28-25(30)19-29(24-14-15-24)26(31)11-7-10-22-16-17-27-20(2)18-22/h4-6,8-9,16-18,23-24H,3,7,10-15,19H2,1-2H3,(H,28,30). The minimum atomic E-state index is -0.0371. The van der Waals surface area contributed by atoms with Crippen molar-refractivity contribution >= 4 is 11.8 Å². The average Bonchev–Trinajstić information content (AvgIpc) is 3.61. The summed E-state index contributed by atoms with van der Waals surface area (Å²) in [6.07, 6.45) is 8.71. The molecule has 1 unspecified atom stereocenters. The molecule has 1 fully saturated rings. The fourth-order valence-electron chi connectivity index (χ4n) is 3.95. The van der Waals surface area contributed by atoms with Crippen LogP contribution in [0.1, 0.15) is 62.3 Å². The Balaban J connectivity index is 1.44. The maximum Gasteiger partial charge on any atom is 0.239 e. The average molecular weight is 422 g/mol. The number of pyridine rings is 1. The van der Waals surface area contributed by atoms with Crippen LogP contribution in [0.3, 0.4) is 0 Å². The van der Waals surface area contributed by atoms with Crippen LogP contribution >= 0.6 is 0 Å². The first-order valence-electron chi connectivity index (χ1n) is 11.6. The van der Waals surface area contributed by atoms with E-state index in [4.69, 9.17) is 0 Å². The topological polar surface area (TPSA) is 62.3 Å². The number of rotatable bonds is 12. The van der Waals surface area contributed by atoms with Crippen molar-refractivity contribution in [1.29, 1.82) is 0 Å². The van der Waals surface area contributed by atoms with Crippen molar-refractivity contribution in [2.45, 2.75) is 77.3 Å². The number of aryl methyl sites for hydroxylation is 3. The van der Waals surface area contributed by atoms with Crippen molar-refractivity contribution in [1.82, 2.24) is 15.2 Å². The van der Waals surface area contributed by atoms with Crippen molar-refractivity contribution in [3.05, 3.63) is 65.5 Å². The van der Waals surface area contributed by atoms with Crippen LogP contribution in [0, 0.1) is 6.92 Å². The molecular weight excluding hydrogens is 386 g/mol. The summed E-state index contributed by atoms with van der Waals surface area (Å²) in [5.74, 6) is 0.0608. The first-order chi connectivity index (χ1) is 15.0. The van der Waals surface area contributed by atoms with Crippen LogP contribution < -0.4 is 5.32 Å². The lowest BCUT2D eigenvalue weighted by Crippen LogP contribution is -2.45. The van der Waals surface area contributed by atoms with Crippen LogP contribution in [0.5, 0.6) is 0 Å². The molecule has 5 heteroatoms. The molecule has 1 saturated carbocycles. The van der Waals surface area contributed by atoms with Gasteiger partial charge in [0.15, 0.2) is 0 Å². The van der Waals surface area contributed by atoms with Crippen molar-refractivity contribution < 1.29 is 9.59 Å². The predicted molar refractivity (Wildman–Crippen MR) is 124 cm³/mol. The van der Waals surface area contributed by atoms with Crippen LogP contribution in [0.25, 0.3) is 0 Å². The van der Waals surface area contributed by atoms with E-state index in [-0.39, 0.29) is 30.4 Å². The first-order valence-corrected chi connectivity index (χ1v) is 11.6. The minimum absolute atomic E-state index is 0.0371. The summed E-state index contributed by atoms with van der Waals surface area (Å²) in [4.78, 5) is 31.5. The predicted octanol–water partition coefficient (Wildman–Crippen LogP) is 4.23. The van der Waals surface area contributed by atoms with Crippen molar-refractivity contribution in [2.75, 3.05) is 6.54 Å². The second-order valence-corrected chi connectivity index (χ2v) is 8.61. The van der Waals surface area contributed by atoms with Gasteiger partial charge in [-0.3, -0.25) is 14.6 Å². The number of hydrogen-bond donors (Lipinski definition) is 1. The smallest absolute Gasteiger partial charge is 0.239 e. The Kier molecular flexibility index (Phi) is 8.63. The molecule has 1 aliphatic carbocycles. The molecule has 0 bridgehead atoms. The molecule has 2 amide bonds. The lowest BCUT2D eigenvalue weighted by molar-refractivity contribution is -0.137. The molecule has 1 heterocycles. The Morgan fingerprint density at radius 2 is 1.90 bits per heavy atom. The van der Waals surface area contributed by atoms with Gasteiger partial charge in [-0.2, -0.15) is 0 Å². The number of amides is 2. The summed E-state index contributed by atoms with van der Waals surface area (Å²) in [5, 5.41) is 3.15. The Morgan fingerprint density at radius 1 is 1.13 bits per heavy atom. The number of carbonyl (C=O) groups excluding carboxylic acids is 2. The molecule has 1 N–H and O–H groups in total. The third kappa shape index (κ3) is 7.82. The summed E-state index contributed by atoms with van der Waals surface area (Å²) in [5.41, 5.74) is 3.49. The highest BCUT2D eigenvalue weighted by Gasteiger charge is 2.33. The third-order valence-electron chi connectivity index (χ3n) is 5.92. The zero-order chi connectivity index (χ0) is 22.1. The van der Waals surface area contributed by atoms with Gasteiger partial charge in [0.25, 0.3) is 0 Å². The second kappa shape index (κ2) is 11.6. The molecule has 5 nitrogen and oxygen atoms in total. The number of benzene rings is 1. The zero-order valence-electron chi connectivity index (χ0n) is 18.8. The van der Waals surface area contributed by atoms with E-state index >= 15 is 0 Å². The molecule has 1 aromatic carbocycles. The maximum absolute atomic E-state index is 12.8. The molecular formula is C26H35N3O2. The van der Waals surface area contributed by atoms with Crippen LogP contribution in [-0.2, 0) is 22.4 Å². The van der Waals surface area contributed by atoms with Gasteiger partial charge in [0, 0.05) is 30.4 Å². The number of carbonyl (C=O) groups is 2. The highest BCUT2D eigenvalue weighted by molar-refractivity contribution is 5.85. The lowest BCUT2D eigenvalue weighted by Gasteiger charge is -2.24. The molecule has 1 aliphatic rings. The molecule has 166 valence electrons. The van der Waals surface area contributed by atoms with Gasteiger partial charge in [0.1, 0.15) is 0 Å². The molecule has 0 radical (unpaired) electrons. The minimum Gasteiger partial charge on any atom is -0.352 e. The maximum atomic E-state index is 12.8. The van der Waals surface area contributed by atoms with Gasteiger partial charge in [-0.15, -0.1) is 0 Å². The molecule has 0 spiro atoms. The van der Waals surface area contributed by atoms with E-state index in [1.54, 1.807) is 4.90 Å². The summed E-state index contributed by atoms with van der Waals surface area (Å²) < 4.78 is 0. The van der Waals surface area contributed by atoms with Gasteiger partial charge in [0.05, 0.1) is 6.54 Å². The summed E-state index contributed by atoms with van der Waals surface area (Å²) >= 11 is 0. The Labute approximate surface area is 186 Å². The van der Waals surface area contributed by atoms with Gasteiger partial charge < -0.3 is 10.2 Å². The lowest BCUT2D eigenvalue weighted by atomic mass is 10.0. The Bertz CT molecular complexity index is 849. The van der Waals surface area contributed by atoms with Crippen molar-refractivity contribution in [3.8, 4) is 0 Å². The fourth-order valence-corrected chi connectivity index (χ4v) is 3.95. The summed E-state index contributed by atoms with van der Waals surface area (Å²) in [7, 11) is 0. The first kappa shape index (κ1) is 23.0. The van der Waals surface area contributed by atoms with E-state index in [0.717, 1.165) is 50.6 Å². The fraction of sp³-hybridized carbons (Fsp3) is 0.500. The summed E-state index contributed by atoms with van der Waals surface area (Å²) in [6.45, 7) is 4.26. The molecule has 1 aromatic heterocycles. The van der Waals surface area contributed by atoms with Gasteiger partial charge >= 0.3 is 0 Å². The Morgan fingerprint density at radius 3 is 2.58 bits per heavy atom. The number of nitrogens with one attached hydrogen (secondary N) is 1.